The van der Waals surface area contributed by atoms with Gasteiger partial charge < -0.3 is 14.3 Å². The topological polar surface area (TPSA) is 51.2 Å². The molecule has 0 aromatic heterocycles. The SMILES string of the molecule is CC(C)(C)OC(=O)ON1C[C@H]2OCCN(Cc3ccccc3)[C@H]2C1. The number of hydrogen-bond donors (Lipinski definition) is 0. The molecule has 132 valence electrons. The minimum absolute atomic E-state index is 0.0601. The molecule has 0 amide bonds. The smallest absolute Gasteiger partial charge is 0.427 e. The maximum atomic E-state index is 11.9. The molecule has 0 bridgehead atoms. The largest absolute Gasteiger partial charge is 0.528 e. The Bertz CT molecular complexity index is 558. The molecule has 2 aliphatic heterocycles. The van der Waals surface area contributed by atoms with Crippen LogP contribution < -0.4 is 0 Å². The van der Waals surface area contributed by atoms with E-state index in [4.69, 9.17) is 14.3 Å². The molecule has 0 unspecified atom stereocenters. The molecule has 2 saturated heterocycles. The van der Waals surface area contributed by atoms with Gasteiger partial charge in [-0.15, -0.1) is 5.06 Å². The predicted octanol–water partition coefficient (Wildman–Crippen LogP) is 2.44. The summed E-state index contributed by atoms with van der Waals surface area (Å²) in [5.74, 6) is 0. The van der Waals surface area contributed by atoms with Crippen molar-refractivity contribution >= 4 is 6.16 Å². The number of ether oxygens (including phenoxy) is 2. The zero-order valence-electron chi connectivity index (χ0n) is 14.6. The molecule has 0 aliphatic carbocycles. The summed E-state index contributed by atoms with van der Waals surface area (Å²) in [6, 6.07) is 10.6. The first-order valence-electron chi connectivity index (χ1n) is 8.46. The summed E-state index contributed by atoms with van der Waals surface area (Å²) >= 11 is 0. The van der Waals surface area contributed by atoms with E-state index in [1.807, 2.05) is 26.8 Å². The van der Waals surface area contributed by atoms with E-state index in [-0.39, 0.29) is 12.1 Å². The minimum atomic E-state index is -0.657. The maximum absolute atomic E-state index is 11.9. The second kappa shape index (κ2) is 7.09. The number of hydrogen-bond acceptors (Lipinski definition) is 6. The summed E-state index contributed by atoms with van der Waals surface area (Å²) in [7, 11) is 0. The van der Waals surface area contributed by atoms with Gasteiger partial charge in [-0.25, -0.2) is 4.79 Å². The van der Waals surface area contributed by atoms with Crippen LogP contribution in [0.5, 0.6) is 0 Å². The first-order chi connectivity index (χ1) is 11.4. The van der Waals surface area contributed by atoms with E-state index in [1.165, 1.54) is 5.56 Å². The molecule has 2 heterocycles. The van der Waals surface area contributed by atoms with E-state index < -0.39 is 11.8 Å². The molecule has 3 rings (SSSR count). The van der Waals surface area contributed by atoms with Crippen LogP contribution in [0.2, 0.25) is 0 Å². The van der Waals surface area contributed by atoms with E-state index >= 15 is 0 Å². The van der Waals surface area contributed by atoms with Gasteiger partial charge in [-0.2, -0.15) is 0 Å². The Morgan fingerprint density at radius 3 is 2.71 bits per heavy atom. The van der Waals surface area contributed by atoms with Crippen molar-refractivity contribution in [3.63, 3.8) is 0 Å². The van der Waals surface area contributed by atoms with Gasteiger partial charge in [0, 0.05) is 13.1 Å². The average Bonchev–Trinajstić information content (AvgIpc) is 2.89. The van der Waals surface area contributed by atoms with Crippen molar-refractivity contribution in [1.29, 1.82) is 0 Å². The molecule has 0 spiro atoms. The summed E-state index contributed by atoms with van der Waals surface area (Å²) in [6.45, 7) is 9.15. The summed E-state index contributed by atoms with van der Waals surface area (Å²) in [5, 5.41) is 1.66. The maximum Gasteiger partial charge on any atom is 0.528 e. The van der Waals surface area contributed by atoms with Crippen LogP contribution in [0, 0.1) is 0 Å². The first kappa shape index (κ1) is 17.2. The van der Waals surface area contributed by atoms with Crippen LogP contribution in [0.3, 0.4) is 0 Å². The van der Waals surface area contributed by atoms with Crippen LogP contribution in [-0.2, 0) is 20.9 Å². The van der Waals surface area contributed by atoms with Crippen LogP contribution in [-0.4, -0.2) is 60.1 Å². The van der Waals surface area contributed by atoms with Crippen LogP contribution in [0.1, 0.15) is 26.3 Å². The molecule has 6 heteroatoms. The Kier molecular flexibility index (Phi) is 5.08. The monoisotopic (exact) mass is 334 g/mol. The summed E-state index contributed by atoms with van der Waals surface area (Å²) in [6.07, 6.45) is -0.597. The summed E-state index contributed by atoms with van der Waals surface area (Å²) < 4.78 is 11.1. The number of carbonyl (C=O) groups excluding carboxylic acids is 1. The molecule has 1 aromatic carbocycles. The van der Waals surface area contributed by atoms with Crippen LogP contribution in [0.15, 0.2) is 30.3 Å². The zero-order chi connectivity index (χ0) is 17.2. The average molecular weight is 334 g/mol. The molecule has 0 radical (unpaired) electrons. The number of benzene rings is 1. The molecule has 2 fully saturated rings. The van der Waals surface area contributed by atoms with Gasteiger partial charge in [-0.3, -0.25) is 4.90 Å². The number of rotatable bonds is 3. The molecule has 1 aromatic rings. The fourth-order valence-corrected chi connectivity index (χ4v) is 3.19. The number of carbonyl (C=O) groups is 1. The molecule has 0 N–H and O–H groups in total. The van der Waals surface area contributed by atoms with Crippen LogP contribution >= 0.6 is 0 Å². The van der Waals surface area contributed by atoms with Crippen molar-refractivity contribution in [2.24, 2.45) is 0 Å². The van der Waals surface area contributed by atoms with Gasteiger partial charge in [-0.05, 0) is 26.3 Å². The Labute approximate surface area is 143 Å². The Hall–Kier alpha value is -1.63. The van der Waals surface area contributed by atoms with E-state index in [2.05, 4.69) is 29.2 Å². The standard InChI is InChI=1S/C18H26N2O4/c1-18(2,3)23-17(21)24-20-12-15-16(13-20)22-10-9-19(15)11-14-7-5-4-6-8-14/h4-8,15-16H,9-13H2,1-3H3/t15-,16+/m0/s1. The minimum Gasteiger partial charge on any atom is -0.427 e. The number of fused-ring (bicyclic) bond motifs is 1. The molecule has 2 aliphatic rings. The number of hydroxylamine groups is 2. The van der Waals surface area contributed by atoms with E-state index in [1.54, 1.807) is 5.06 Å². The highest BCUT2D eigenvalue weighted by Gasteiger charge is 2.42. The molecule has 2 atom stereocenters. The van der Waals surface area contributed by atoms with Gasteiger partial charge in [-0.1, -0.05) is 30.3 Å². The lowest BCUT2D eigenvalue weighted by molar-refractivity contribution is -0.135. The van der Waals surface area contributed by atoms with Gasteiger partial charge in [0.1, 0.15) is 5.60 Å². The number of morpholine rings is 1. The third-order valence-electron chi connectivity index (χ3n) is 4.20. The first-order valence-corrected chi connectivity index (χ1v) is 8.46. The predicted molar refractivity (Wildman–Crippen MR) is 89.3 cm³/mol. The second-order valence-corrected chi connectivity index (χ2v) is 7.34. The van der Waals surface area contributed by atoms with Gasteiger partial charge in [0.2, 0.25) is 0 Å². The molecule has 24 heavy (non-hydrogen) atoms. The third kappa shape index (κ3) is 4.47. The van der Waals surface area contributed by atoms with Crippen molar-refractivity contribution in [1.82, 2.24) is 9.96 Å². The second-order valence-electron chi connectivity index (χ2n) is 7.34. The van der Waals surface area contributed by atoms with Gasteiger partial charge in [0.15, 0.2) is 0 Å². The summed E-state index contributed by atoms with van der Waals surface area (Å²) in [5.41, 5.74) is 0.726. The van der Waals surface area contributed by atoms with E-state index in [0.29, 0.717) is 19.7 Å². The highest BCUT2D eigenvalue weighted by atomic mass is 16.8. The van der Waals surface area contributed by atoms with Crippen molar-refractivity contribution in [3.8, 4) is 0 Å². The van der Waals surface area contributed by atoms with Gasteiger partial charge >= 0.3 is 6.16 Å². The Morgan fingerprint density at radius 2 is 2.00 bits per heavy atom. The Morgan fingerprint density at radius 1 is 1.25 bits per heavy atom. The Balaban J connectivity index is 1.57. The molecule has 6 nitrogen and oxygen atoms in total. The lowest BCUT2D eigenvalue weighted by atomic mass is 10.1. The normalized spacial score (nSPS) is 25.3. The van der Waals surface area contributed by atoms with Crippen molar-refractivity contribution in [2.45, 2.75) is 45.1 Å². The fraction of sp³-hybridized carbons (Fsp3) is 0.611. The highest BCUT2D eigenvalue weighted by Crippen LogP contribution is 2.25. The lowest BCUT2D eigenvalue weighted by Gasteiger charge is -2.36. The van der Waals surface area contributed by atoms with Gasteiger partial charge in [0.05, 0.1) is 31.8 Å². The van der Waals surface area contributed by atoms with Crippen LogP contribution in [0.4, 0.5) is 4.79 Å². The highest BCUT2D eigenvalue weighted by molar-refractivity contribution is 5.60. The number of nitrogens with zero attached hydrogens (tertiary/aromatic N) is 2. The molecular weight excluding hydrogens is 308 g/mol. The van der Waals surface area contributed by atoms with Gasteiger partial charge in [0.25, 0.3) is 0 Å². The molecule has 0 saturated carbocycles. The van der Waals surface area contributed by atoms with Crippen molar-refractivity contribution in [3.05, 3.63) is 35.9 Å². The lowest BCUT2D eigenvalue weighted by Crippen LogP contribution is -2.50. The van der Waals surface area contributed by atoms with Crippen molar-refractivity contribution < 1.29 is 19.1 Å². The third-order valence-corrected chi connectivity index (χ3v) is 4.20. The van der Waals surface area contributed by atoms with E-state index in [9.17, 15) is 4.79 Å². The summed E-state index contributed by atoms with van der Waals surface area (Å²) in [4.78, 5) is 19.6. The molecular formula is C18H26N2O4. The van der Waals surface area contributed by atoms with Crippen LogP contribution in [0.25, 0.3) is 0 Å². The van der Waals surface area contributed by atoms with Crippen molar-refractivity contribution in [2.75, 3.05) is 26.2 Å². The quantitative estimate of drug-likeness (QED) is 0.792. The van der Waals surface area contributed by atoms with E-state index in [0.717, 1.165) is 13.1 Å². The fourth-order valence-electron chi connectivity index (χ4n) is 3.19. The zero-order valence-corrected chi connectivity index (χ0v) is 14.6.